The molecule has 0 aliphatic rings. The highest BCUT2D eigenvalue weighted by atomic mass is 16.7. The molecule has 0 spiro atoms. The molecule has 0 radical (unpaired) electrons. The minimum Gasteiger partial charge on any atom is -0.469 e. The molecule has 0 aromatic heterocycles. The lowest BCUT2D eigenvalue weighted by Crippen LogP contribution is -2.36. The monoisotopic (exact) mass is 205 g/mol. The molecule has 0 aromatic rings. The number of methoxy groups -OCH3 is 3. The highest BCUT2D eigenvalue weighted by molar-refractivity contribution is 5.69. The van der Waals surface area contributed by atoms with Gasteiger partial charge in [0.15, 0.2) is 6.29 Å². The molecule has 0 bridgehead atoms. The van der Waals surface area contributed by atoms with Crippen molar-refractivity contribution < 1.29 is 19.0 Å². The number of rotatable bonds is 7. The van der Waals surface area contributed by atoms with Gasteiger partial charge in [-0.15, -0.1) is 0 Å². The minimum atomic E-state index is -0.282. The first-order valence-corrected chi connectivity index (χ1v) is 4.49. The second-order valence-corrected chi connectivity index (χ2v) is 2.99. The van der Waals surface area contributed by atoms with Crippen LogP contribution in [0.3, 0.4) is 0 Å². The first-order valence-electron chi connectivity index (χ1n) is 4.49. The summed E-state index contributed by atoms with van der Waals surface area (Å²) in [6.45, 7) is 2.45. The molecule has 5 heteroatoms. The molecule has 0 amide bonds. The van der Waals surface area contributed by atoms with E-state index in [1.807, 2.05) is 6.92 Å². The summed E-state index contributed by atoms with van der Waals surface area (Å²) < 4.78 is 14.5. The molecule has 5 nitrogen and oxygen atoms in total. The van der Waals surface area contributed by atoms with Crippen LogP contribution in [0.1, 0.15) is 13.3 Å². The Morgan fingerprint density at radius 2 is 1.86 bits per heavy atom. The Balaban J connectivity index is 3.61. The van der Waals surface area contributed by atoms with Crippen LogP contribution in [0.15, 0.2) is 0 Å². The summed E-state index contributed by atoms with van der Waals surface area (Å²) in [5, 5.41) is 3.10. The number of nitrogens with one attached hydrogen (secondary N) is 1. The molecule has 1 N–H and O–H groups in total. The minimum absolute atomic E-state index is 0.0512. The van der Waals surface area contributed by atoms with Crippen LogP contribution in [-0.4, -0.2) is 46.2 Å². The predicted molar refractivity (Wildman–Crippen MR) is 51.9 cm³/mol. The number of esters is 1. The number of hydrogen-bond acceptors (Lipinski definition) is 5. The van der Waals surface area contributed by atoms with E-state index in [4.69, 9.17) is 9.47 Å². The van der Waals surface area contributed by atoms with Gasteiger partial charge < -0.3 is 19.5 Å². The maximum atomic E-state index is 10.9. The Morgan fingerprint density at radius 3 is 2.29 bits per heavy atom. The lowest BCUT2D eigenvalue weighted by Gasteiger charge is -2.17. The van der Waals surface area contributed by atoms with Crippen LogP contribution in [0.4, 0.5) is 0 Å². The van der Waals surface area contributed by atoms with Gasteiger partial charge in [-0.25, -0.2) is 0 Å². The quantitative estimate of drug-likeness (QED) is 0.473. The highest BCUT2D eigenvalue weighted by Gasteiger charge is 2.11. The summed E-state index contributed by atoms with van der Waals surface area (Å²) >= 11 is 0. The van der Waals surface area contributed by atoms with Crippen LogP contribution in [0.5, 0.6) is 0 Å². The lowest BCUT2D eigenvalue weighted by molar-refractivity contribution is -0.141. The van der Waals surface area contributed by atoms with Gasteiger partial charge >= 0.3 is 5.97 Å². The summed E-state index contributed by atoms with van der Waals surface area (Å²) in [4.78, 5) is 10.9. The van der Waals surface area contributed by atoms with Crippen molar-refractivity contribution in [1.82, 2.24) is 5.32 Å². The SMILES string of the molecule is COC(=O)CC(C)NCC(OC)OC. The second-order valence-electron chi connectivity index (χ2n) is 2.99. The molecule has 0 heterocycles. The molecule has 1 atom stereocenters. The zero-order valence-corrected chi connectivity index (χ0v) is 9.20. The lowest BCUT2D eigenvalue weighted by atomic mass is 10.2. The van der Waals surface area contributed by atoms with Crippen molar-refractivity contribution in [2.45, 2.75) is 25.7 Å². The van der Waals surface area contributed by atoms with Gasteiger partial charge in [0.1, 0.15) is 0 Å². The average Bonchev–Trinajstić information content (AvgIpc) is 2.19. The van der Waals surface area contributed by atoms with E-state index in [0.29, 0.717) is 13.0 Å². The van der Waals surface area contributed by atoms with Gasteiger partial charge in [0.05, 0.1) is 13.5 Å². The van der Waals surface area contributed by atoms with E-state index in [-0.39, 0.29) is 18.3 Å². The van der Waals surface area contributed by atoms with Gasteiger partial charge in [-0.05, 0) is 6.92 Å². The van der Waals surface area contributed by atoms with Crippen LogP contribution >= 0.6 is 0 Å². The van der Waals surface area contributed by atoms with Crippen LogP contribution in [-0.2, 0) is 19.0 Å². The zero-order chi connectivity index (χ0) is 11.0. The van der Waals surface area contributed by atoms with Crippen LogP contribution in [0.25, 0.3) is 0 Å². The molecule has 0 aliphatic heterocycles. The van der Waals surface area contributed by atoms with Gasteiger partial charge in [0.2, 0.25) is 0 Å². The molecule has 0 fully saturated rings. The molecule has 0 saturated heterocycles. The Morgan fingerprint density at radius 1 is 1.29 bits per heavy atom. The van der Waals surface area contributed by atoms with E-state index in [1.165, 1.54) is 7.11 Å². The standard InChI is InChI=1S/C9H19NO4/c1-7(5-8(11)12-2)10-6-9(13-3)14-4/h7,9-10H,5-6H2,1-4H3. The van der Waals surface area contributed by atoms with E-state index >= 15 is 0 Å². The molecule has 0 rings (SSSR count). The third kappa shape index (κ3) is 5.90. The van der Waals surface area contributed by atoms with Crippen LogP contribution in [0.2, 0.25) is 0 Å². The van der Waals surface area contributed by atoms with Crippen molar-refractivity contribution in [2.24, 2.45) is 0 Å². The molecule has 14 heavy (non-hydrogen) atoms. The summed E-state index contributed by atoms with van der Waals surface area (Å²) in [5.41, 5.74) is 0. The van der Waals surface area contributed by atoms with Crippen molar-refractivity contribution in [1.29, 1.82) is 0 Å². The normalized spacial score (nSPS) is 12.9. The van der Waals surface area contributed by atoms with Crippen molar-refractivity contribution in [3.05, 3.63) is 0 Å². The fraction of sp³-hybridized carbons (Fsp3) is 0.889. The summed E-state index contributed by atoms with van der Waals surface area (Å²) in [7, 11) is 4.52. The van der Waals surface area contributed by atoms with E-state index < -0.39 is 0 Å². The molecule has 0 aromatic carbocycles. The fourth-order valence-electron chi connectivity index (χ4n) is 0.966. The van der Waals surface area contributed by atoms with E-state index in [1.54, 1.807) is 14.2 Å². The summed E-state index contributed by atoms with van der Waals surface area (Å²) in [6, 6.07) is 0.0512. The van der Waals surface area contributed by atoms with E-state index in [9.17, 15) is 4.79 Å². The predicted octanol–water partition coefficient (Wildman–Crippen LogP) is 0.147. The first kappa shape index (κ1) is 13.4. The van der Waals surface area contributed by atoms with Gasteiger partial charge in [-0.3, -0.25) is 4.79 Å². The summed E-state index contributed by atoms with van der Waals surface area (Å²) in [5.74, 6) is -0.226. The topological polar surface area (TPSA) is 56.8 Å². The van der Waals surface area contributed by atoms with Gasteiger partial charge in [-0.1, -0.05) is 0 Å². The Bertz CT molecular complexity index is 159. The second kappa shape index (κ2) is 7.73. The largest absolute Gasteiger partial charge is 0.469 e. The summed E-state index contributed by atoms with van der Waals surface area (Å²) in [6.07, 6.45) is 0.0616. The molecule has 0 saturated carbocycles. The van der Waals surface area contributed by atoms with Gasteiger partial charge in [0, 0.05) is 26.8 Å². The highest BCUT2D eigenvalue weighted by Crippen LogP contribution is 1.95. The van der Waals surface area contributed by atoms with E-state index in [2.05, 4.69) is 10.1 Å². The van der Waals surface area contributed by atoms with Crippen molar-refractivity contribution in [3.63, 3.8) is 0 Å². The van der Waals surface area contributed by atoms with Crippen LogP contribution in [0, 0.1) is 0 Å². The Kier molecular flexibility index (Phi) is 7.37. The van der Waals surface area contributed by atoms with Gasteiger partial charge in [0.25, 0.3) is 0 Å². The molecule has 0 aliphatic carbocycles. The third-order valence-corrected chi connectivity index (χ3v) is 1.86. The zero-order valence-electron chi connectivity index (χ0n) is 9.20. The number of carbonyl (C=O) groups excluding carboxylic acids is 1. The van der Waals surface area contributed by atoms with Crippen LogP contribution < -0.4 is 5.32 Å². The van der Waals surface area contributed by atoms with E-state index in [0.717, 1.165) is 0 Å². The number of carbonyl (C=O) groups is 1. The maximum absolute atomic E-state index is 10.9. The first-order chi connectivity index (χ1) is 6.63. The van der Waals surface area contributed by atoms with Crippen molar-refractivity contribution in [2.75, 3.05) is 27.9 Å². The molecule has 1 unspecified atom stereocenters. The number of ether oxygens (including phenoxy) is 3. The molecular formula is C9H19NO4. The smallest absolute Gasteiger partial charge is 0.307 e. The van der Waals surface area contributed by atoms with Gasteiger partial charge in [-0.2, -0.15) is 0 Å². The van der Waals surface area contributed by atoms with Crippen molar-refractivity contribution in [3.8, 4) is 0 Å². The Labute approximate surface area is 84.7 Å². The molecular weight excluding hydrogens is 186 g/mol. The third-order valence-electron chi connectivity index (χ3n) is 1.86. The number of hydrogen-bond donors (Lipinski definition) is 1. The van der Waals surface area contributed by atoms with Crippen molar-refractivity contribution >= 4 is 5.97 Å². The average molecular weight is 205 g/mol. The fourth-order valence-corrected chi connectivity index (χ4v) is 0.966. The molecule has 84 valence electrons. The maximum Gasteiger partial charge on any atom is 0.307 e. The Hall–Kier alpha value is -0.650.